The summed E-state index contributed by atoms with van der Waals surface area (Å²) >= 11 is 5.28. The molecule has 1 N–H and O–H groups in total. The fraction of sp³-hybridized carbons (Fsp3) is 0.375. The Bertz CT molecular complexity index is 678. The predicted molar refractivity (Wildman–Crippen MR) is 81.9 cm³/mol. The molecule has 0 spiro atoms. The predicted octanol–water partition coefficient (Wildman–Crippen LogP) is 3.98. The Hall–Kier alpha value is -1.68. The summed E-state index contributed by atoms with van der Waals surface area (Å²) in [5.41, 5.74) is 2.37. The lowest BCUT2D eigenvalue weighted by molar-refractivity contribution is 0.257. The van der Waals surface area contributed by atoms with Crippen molar-refractivity contribution in [1.29, 1.82) is 0 Å². The maximum atomic E-state index is 5.84. The van der Waals surface area contributed by atoms with Gasteiger partial charge in [0.1, 0.15) is 16.2 Å². The van der Waals surface area contributed by atoms with Gasteiger partial charge in [-0.05, 0) is 30.0 Å². The second-order valence-corrected chi connectivity index (χ2v) is 5.95. The van der Waals surface area contributed by atoms with E-state index in [4.69, 9.17) is 17.0 Å². The molecule has 3 rings (SSSR count). The van der Waals surface area contributed by atoms with E-state index in [1.54, 1.807) is 0 Å². The molecule has 2 heterocycles. The number of nitrogens with zero attached hydrogens (tertiary/aromatic N) is 1. The SMILES string of the molecule is CC(C)c1cc(=S)nc(C2COc3ccccc3C2)[nH]1. The molecule has 2 aromatic rings. The number of hydrogen-bond donors (Lipinski definition) is 1. The van der Waals surface area contributed by atoms with E-state index in [0.717, 1.165) is 23.7 Å². The first-order chi connectivity index (χ1) is 9.63. The lowest BCUT2D eigenvalue weighted by atomic mass is 9.96. The highest BCUT2D eigenvalue weighted by Gasteiger charge is 2.23. The van der Waals surface area contributed by atoms with Crippen LogP contribution in [0.4, 0.5) is 0 Å². The molecule has 0 saturated carbocycles. The van der Waals surface area contributed by atoms with Crippen LogP contribution in [-0.4, -0.2) is 16.6 Å². The summed E-state index contributed by atoms with van der Waals surface area (Å²) in [6, 6.07) is 10.1. The standard InChI is InChI=1S/C16H18N2OS/c1-10(2)13-8-15(20)18-16(17-13)12-7-11-5-3-4-6-14(11)19-9-12/h3-6,8,10,12H,7,9H2,1-2H3,(H,17,18,20). The molecule has 0 amide bonds. The third-order valence-corrected chi connectivity index (χ3v) is 3.88. The van der Waals surface area contributed by atoms with Gasteiger partial charge in [0.15, 0.2) is 0 Å². The van der Waals surface area contributed by atoms with Gasteiger partial charge in [-0.15, -0.1) is 0 Å². The van der Waals surface area contributed by atoms with Crippen LogP contribution < -0.4 is 4.74 Å². The van der Waals surface area contributed by atoms with Gasteiger partial charge < -0.3 is 9.72 Å². The quantitative estimate of drug-likeness (QED) is 0.849. The molecule has 20 heavy (non-hydrogen) atoms. The molecule has 4 heteroatoms. The lowest BCUT2D eigenvalue weighted by Crippen LogP contribution is -2.21. The number of para-hydroxylation sites is 1. The van der Waals surface area contributed by atoms with Crippen LogP contribution >= 0.6 is 12.2 Å². The number of aromatic amines is 1. The summed E-state index contributed by atoms with van der Waals surface area (Å²) in [5.74, 6) is 2.58. The molecule has 1 aliphatic rings. The van der Waals surface area contributed by atoms with Crippen LogP contribution in [0, 0.1) is 4.64 Å². The molecule has 0 saturated heterocycles. The third kappa shape index (κ3) is 2.61. The molecule has 0 bridgehead atoms. The minimum absolute atomic E-state index is 0.241. The van der Waals surface area contributed by atoms with Gasteiger partial charge in [-0.3, -0.25) is 0 Å². The number of fused-ring (bicyclic) bond motifs is 1. The van der Waals surface area contributed by atoms with E-state index in [0.29, 0.717) is 17.2 Å². The van der Waals surface area contributed by atoms with Crippen LogP contribution in [0.25, 0.3) is 0 Å². The highest BCUT2D eigenvalue weighted by atomic mass is 32.1. The molecular weight excluding hydrogens is 268 g/mol. The third-order valence-electron chi connectivity index (χ3n) is 3.67. The van der Waals surface area contributed by atoms with E-state index in [1.807, 2.05) is 24.3 Å². The van der Waals surface area contributed by atoms with E-state index in [9.17, 15) is 0 Å². The van der Waals surface area contributed by atoms with Crippen LogP contribution in [0.3, 0.4) is 0 Å². The Morgan fingerprint density at radius 3 is 2.95 bits per heavy atom. The van der Waals surface area contributed by atoms with Crippen molar-refractivity contribution in [3.8, 4) is 5.75 Å². The summed E-state index contributed by atoms with van der Waals surface area (Å²) in [6.45, 7) is 4.95. The number of benzene rings is 1. The molecule has 1 unspecified atom stereocenters. The first kappa shape index (κ1) is 13.3. The molecule has 1 aromatic carbocycles. The van der Waals surface area contributed by atoms with Gasteiger partial charge >= 0.3 is 0 Å². The fourth-order valence-electron chi connectivity index (χ4n) is 2.50. The topological polar surface area (TPSA) is 37.9 Å². The largest absolute Gasteiger partial charge is 0.493 e. The second kappa shape index (κ2) is 5.37. The van der Waals surface area contributed by atoms with Crippen molar-refractivity contribution in [2.75, 3.05) is 6.61 Å². The Morgan fingerprint density at radius 2 is 2.15 bits per heavy atom. The van der Waals surface area contributed by atoms with E-state index in [1.165, 1.54) is 5.56 Å². The zero-order valence-corrected chi connectivity index (χ0v) is 12.5. The van der Waals surface area contributed by atoms with E-state index in [2.05, 4.69) is 29.9 Å². The molecular formula is C16H18N2OS. The number of nitrogens with one attached hydrogen (secondary N) is 1. The van der Waals surface area contributed by atoms with Crippen LogP contribution in [0.15, 0.2) is 30.3 Å². The Balaban J connectivity index is 1.93. The van der Waals surface area contributed by atoms with E-state index >= 15 is 0 Å². The zero-order valence-electron chi connectivity index (χ0n) is 11.7. The van der Waals surface area contributed by atoms with Gasteiger partial charge in [0, 0.05) is 5.69 Å². The number of aromatic nitrogens is 2. The van der Waals surface area contributed by atoms with Gasteiger partial charge in [0.05, 0.1) is 12.5 Å². The molecule has 104 valence electrons. The minimum Gasteiger partial charge on any atom is -0.493 e. The summed E-state index contributed by atoms with van der Waals surface area (Å²) in [5, 5.41) is 0. The number of rotatable bonds is 2. The second-order valence-electron chi connectivity index (χ2n) is 5.53. The average Bonchev–Trinajstić information content (AvgIpc) is 2.46. The maximum absolute atomic E-state index is 5.84. The summed E-state index contributed by atoms with van der Waals surface area (Å²) in [4.78, 5) is 7.92. The highest BCUT2D eigenvalue weighted by Crippen LogP contribution is 2.31. The minimum atomic E-state index is 0.241. The van der Waals surface area contributed by atoms with Crippen molar-refractivity contribution >= 4 is 12.2 Å². The molecule has 0 radical (unpaired) electrons. The van der Waals surface area contributed by atoms with Gasteiger partial charge in [0.2, 0.25) is 0 Å². The number of H-pyrrole nitrogens is 1. The fourth-order valence-corrected chi connectivity index (χ4v) is 2.73. The normalized spacial score (nSPS) is 17.6. The van der Waals surface area contributed by atoms with Crippen molar-refractivity contribution in [3.63, 3.8) is 0 Å². The Labute approximate surface area is 124 Å². The van der Waals surface area contributed by atoms with Crippen LogP contribution in [-0.2, 0) is 6.42 Å². The lowest BCUT2D eigenvalue weighted by Gasteiger charge is -2.25. The average molecular weight is 286 g/mol. The van der Waals surface area contributed by atoms with Crippen LogP contribution in [0.2, 0.25) is 0 Å². The van der Waals surface area contributed by atoms with Crippen molar-refractivity contribution in [1.82, 2.24) is 9.97 Å². The van der Waals surface area contributed by atoms with Gasteiger partial charge in [0.25, 0.3) is 0 Å². The summed E-state index contributed by atoms with van der Waals surface area (Å²) in [7, 11) is 0. The summed E-state index contributed by atoms with van der Waals surface area (Å²) in [6.07, 6.45) is 0.940. The Kier molecular flexibility index (Phi) is 3.57. The molecule has 1 aromatic heterocycles. The first-order valence-electron chi connectivity index (χ1n) is 6.95. The highest BCUT2D eigenvalue weighted by molar-refractivity contribution is 7.71. The first-order valence-corrected chi connectivity index (χ1v) is 7.36. The Morgan fingerprint density at radius 1 is 1.35 bits per heavy atom. The van der Waals surface area contributed by atoms with E-state index in [-0.39, 0.29) is 5.92 Å². The van der Waals surface area contributed by atoms with Gasteiger partial charge in [-0.2, -0.15) is 0 Å². The molecule has 0 aliphatic carbocycles. The van der Waals surface area contributed by atoms with Crippen molar-refractivity contribution in [2.24, 2.45) is 0 Å². The number of ether oxygens (including phenoxy) is 1. The van der Waals surface area contributed by atoms with Crippen LogP contribution in [0.5, 0.6) is 5.75 Å². The van der Waals surface area contributed by atoms with Gasteiger partial charge in [-0.25, -0.2) is 4.98 Å². The van der Waals surface area contributed by atoms with E-state index < -0.39 is 0 Å². The van der Waals surface area contributed by atoms with Crippen molar-refractivity contribution in [3.05, 3.63) is 52.1 Å². The molecule has 1 atom stereocenters. The molecule has 0 fully saturated rings. The smallest absolute Gasteiger partial charge is 0.130 e. The molecule has 3 nitrogen and oxygen atoms in total. The van der Waals surface area contributed by atoms with Crippen LogP contribution in [0.1, 0.15) is 42.8 Å². The monoisotopic (exact) mass is 286 g/mol. The van der Waals surface area contributed by atoms with Crippen molar-refractivity contribution < 1.29 is 4.74 Å². The molecule has 1 aliphatic heterocycles. The number of hydrogen-bond acceptors (Lipinski definition) is 3. The van der Waals surface area contributed by atoms with Gasteiger partial charge in [-0.1, -0.05) is 44.3 Å². The van der Waals surface area contributed by atoms with Crippen molar-refractivity contribution in [2.45, 2.75) is 32.1 Å². The maximum Gasteiger partial charge on any atom is 0.130 e. The zero-order chi connectivity index (χ0) is 14.1. The summed E-state index contributed by atoms with van der Waals surface area (Å²) < 4.78 is 6.49.